The second-order valence-electron chi connectivity index (χ2n) is 9.91. The summed E-state index contributed by atoms with van der Waals surface area (Å²) in [4.78, 5) is 122. The molecular formula is C24H32O28Tc3. The normalized spacial score (nSPS) is 10.3. The predicted molar refractivity (Wildman–Crippen MR) is 148 cm³/mol. The van der Waals surface area contributed by atoms with E-state index in [1.807, 2.05) is 0 Å². The van der Waals surface area contributed by atoms with Crippen molar-refractivity contribution >= 4 is 71.6 Å². The van der Waals surface area contributed by atoms with E-state index < -0.39 is 145 Å². The molecule has 0 aliphatic rings. The molecule has 0 aromatic carbocycles. The summed E-state index contributed by atoms with van der Waals surface area (Å²) >= 11 is 0. The van der Waals surface area contributed by atoms with Crippen LogP contribution in [0.15, 0.2) is 0 Å². The molecule has 0 saturated heterocycles. The first-order valence-corrected chi connectivity index (χ1v) is 12.7. The fourth-order valence-electron chi connectivity index (χ4n) is 2.86. The van der Waals surface area contributed by atoms with Crippen molar-refractivity contribution in [1.29, 1.82) is 0 Å². The number of aliphatic carboxylic acids is 12. The first-order valence-electron chi connectivity index (χ1n) is 12.7. The Hall–Kier alpha value is -4.57. The van der Waals surface area contributed by atoms with E-state index in [1.165, 1.54) is 0 Å². The van der Waals surface area contributed by atoms with Crippen molar-refractivity contribution in [1.82, 2.24) is 0 Å². The Morgan fingerprint density at radius 1 is 0.236 bits per heavy atom. The molecule has 0 aromatic rings. The zero-order chi connectivity index (χ0) is 42.6. The molecule has 3 radical (unpaired) electrons. The summed E-state index contributed by atoms with van der Waals surface area (Å²) in [6.45, 7) is 0. The van der Waals surface area contributed by atoms with Crippen molar-refractivity contribution < 1.29 is 200 Å². The molecule has 0 aromatic heterocycles. The van der Waals surface area contributed by atoms with E-state index >= 15 is 0 Å². The number of hydrogen-bond acceptors (Lipinski definition) is 16. The molecule has 0 heterocycles. The second-order valence-corrected chi connectivity index (χ2v) is 9.91. The van der Waals surface area contributed by atoms with E-state index in [0.29, 0.717) is 0 Å². The largest absolute Gasteiger partial charge is 0.481 e. The minimum Gasteiger partial charge on any atom is -0.481 e. The topological polar surface area (TPSA) is 529 Å². The maximum absolute atomic E-state index is 10.3. The molecule has 0 atom stereocenters. The van der Waals surface area contributed by atoms with E-state index in [1.54, 1.807) is 0 Å². The number of carboxylic acids is 12. The molecule has 28 nitrogen and oxygen atoms in total. The maximum atomic E-state index is 10.3. The van der Waals surface area contributed by atoms with Crippen LogP contribution < -0.4 is 0 Å². The summed E-state index contributed by atoms with van der Waals surface area (Å²) in [5.41, 5.74) is -11.0. The fourth-order valence-corrected chi connectivity index (χ4v) is 2.86. The molecule has 317 valence electrons. The molecule has 0 saturated carbocycles. The van der Waals surface area contributed by atoms with Gasteiger partial charge in [0.15, 0.2) is 22.4 Å². The number of carboxylic acid groups (broad SMARTS) is 12. The van der Waals surface area contributed by atoms with Gasteiger partial charge in [-0.1, -0.05) is 0 Å². The first kappa shape index (κ1) is 65.3. The van der Waals surface area contributed by atoms with Gasteiger partial charge in [-0.25, -0.2) is 19.2 Å². The van der Waals surface area contributed by atoms with Gasteiger partial charge in [-0.3, -0.25) is 38.4 Å². The van der Waals surface area contributed by atoms with Crippen LogP contribution in [-0.2, 0) is 118 Å². The number of rotatable bonds is 20. The van der Waals surface area contributed by atoms with Gasteiger partial charge in [0.05, 0.1) is 51.4 Å². The molecule has 0 aliphatic carbocycles. The molecule has 0 fully saturated rings. The van der Waals surface area contributed by atoms with Crippen LogP contribution in [0.3, 0.4) is 0 Å². The fraction of sp³-hybridized carbons (Fsp3) is 0.500. The van der Waals surface area contributed by atoms with Gasteiger partial charge in [0.25, 0.3) is 0 Å². The van der Waals surface area contributed by atoms with Crippen LogP contribution in [-0.4, -0.2) is 176 Å². The van der Waals surface area contributed by atoms with Crippen LogP contribution in [0.1, 0.15) is 51.4 Å². The predicted octanol–water partition coefficient (Wildman–Crippen LogP) is -5.00. The Bertz CT molecular complexity index is 1130. The molecule has 31 heteroatoms. The number of hydrogen-bond donors (Lipinski definition) is 16. The molecule has 55 heavy (non-hydrogen) atoms. The van der Waals surface area contributed by atoms with Crippen molar-refractivity contribution in [3.05, 3.63) is 0 Å². The first-order chi connectivity index (χ1) is 23.1. The van der Waals surface area contributed by atoms with Crippen molar-refractivity contribution in [2.75, 3.05) is 0 Å². The van der Waals surface area contributed by atoms with Gasteiger partial charge >= 0.3 is 71.6 Å². The molecule has 0 amide bonds. The van der Waals surface area contributed by atoms with Crippen molar-refractivity contribution in [3.63, 3.8) is 0 Å². The molecule has 0 rings (SSSR count). The SMILES string of the molecule is O=C(O)CC(O)(CC(=O)O)C(=O)O.O=C(O)CC(O)(CC(=O)O)C(=O)O.O=C(O)CC(O)(CC(=O)O)C(=O)O.O=C(O)CC(O)(CC(=O)O)C(=O)O.[Tc].[Tc].[Tc]. The summed E-state index contributed by atoms with van der Waals surface area (Å²) in [7, 11) is 0. The Balaban J connectivity index is -0.000000110. The van der Waals surface area contributed by atoms with E-state index in [9.17, 15) is 57.5 Å². The van der Waals surface area contributed by atoms with Crippen LogP contribution >= 0.6 is 0 Å². The molecule has 0 spiro atoms. The van der Waals surface area contributed by atoms with Crippen LogP contribution in [0.2, 0.25) is 0 Å². The van der Waals surface area contributed by atoms with Crippen LogP contribution in [0.25, 0.3) is 0 Å². The molecule has 0 bridgehead atoms. The summed E-state index contributed by atoms with van der Waals surface area (Å²) in [6.07, 6.45) is -9.15. The quantitative estimate of drug-likeness (QED) is 0.0543. The summed E-state index contributed by atoms with van der Waals surface area (Å²) in [5.74, 6) is -20.1. The number of carbonyl (C=O) groups is 12. The van der Waals surface area contributed by atoms with Gasteiger partial charge in [-0.05, 0) is 0 Å². The minimum atomic E-state index is -2.74. The Kier molecular flexibility index (Phi) is 34.2. The average Bonchev–Trinajstić information content (AvgIpc) is 2.85. The Morgan fingerprint density at radius 3 is 0.345 bits per heavy atom. The van der Waals surface area contributed by atoms with Gasteiger partial charge < -0.3 is 81.7 Å². The van der Waals surface area contributed by atoms with Crippen LogP contribution in [0.5, 0.6) is 0 Å². The van der Waals surface area contributed by atoms with Gasteiger partial charge in [-0.15, -0.1) is 0 Å². The minimum absolute atomic E-state index is 0. The smallest absolute Gasteiger partial charge is 0.336 e. The molecule has 16 N–H and O–H groups in total. The maximum Gasteiger partial charge on any atom is 0.336 e. The molecule has 0 aliphatic heterocycles. The Morgan fingerprint density at radius 2 is 0.309 bits per heavy atom. The average molecular weight is 1060 g/mol. The molecular weight excluding hydrogens is 1030 g/mol. The second kappa shape index (κ2) is 28.8. The third-order valence-corrected chi connectivity index (χ3v) is 5.14. The standard InChI is InChI=1S/4C6H8O7.3Tc/c4*7-3(8)1-6(13,5(11)12)2-4(9)10;;;/h4*13H,1-2H2,(H,7,8)(H,9,10)(H,11,12);;;. The third kappa shape index (κ3) is 31.5. The van der Waals surface area contributed by atoms with E-state index in [4.69, 9.17) is 81.7 Å². The Labute approximate surface area is 343 Å². The van der Waals surface area contributed by atoms with Crippen molar-refractivity contribution in [2.24, 2.45) is 0 Å². The van der Waals surface area contributed by atoms with Gasteiger partial charge in [0.1, 0.15) is 0 Å². The summed E-state index contributed by atoms with van der Waals surface area (Å²) in [6, 6.07) is 0. The van der Waals surface area contributed by atoms with Gasteiger partial charge in [0.2, 0.25) is 0 Å². The van der Waals surface area contributed by atoms with Gasteiger partial charge in [0, 0.05) is 60.3 Å². The number of aliphatic hydroxyl groups is 4. The van der Waals surface area contributed by atoms with Gasteiger partial charge in [-0.2, -0.15) is 0 Å². The van der Waals surface area contributed by atoms with Crippen LogP contribution in [0, 0.1) is 0 Å². The van der Waals surface area contributed by atoms with E-state index in [2.05, 4.69) is 0 Å². The zero-order valence-corrected chi connectivity index (χ0v) is 32.4. The monoisotopic (exact) mass is 1060 g/mol. The third-order valence-electron chi connectivity index (χ3n) is 5.14. The summed E-state index contributed by atoms with van der Waals surface area (Å²) in [5, 5.41) is 135. The van der Waals surface area contributed by atoms with E-state index in [-0.39, 0.29) is 60.3 Å². The van der Waals surface area contributed by atoms with Crippen LogP contribution in [0.4, 0.5) is 0 Å². The zero-order valence-electron chi connectivity index (χ0n) is 26.8. The summed E-state index contributed by atoms with van der Waals surface area (Å²) < 4.78 is 0. The van der Waals surface area contributed by atoms with E-state index in [0.717, 1.165) is 0 Å². The van der Waals surface area contributed by atoms with Crippen molar-refractivity contribution in [2.45, 2.75) is 73.8 Å². The van der Waals surface area contributed by atoms with Crippen molar-refractivity contribution in [3.8, 4) is 0 Å². The molecule has 0 unspecified atom stereocenters.